The first-order valence-corrected chi connectivity index (χ1v) is 10.7. The molecule has 0 aliphatic carbocycles. The molecule has 1 aliphatic heterocycles. The van der Waals surface area contributed by atoms with Gasteiger partial charge in [-0.25, -0.2) is 0 Å². The number of likely N-dealkylation sites (tertiary alicyclic amines) is 1. The molecular weight excluding hydrogens is 380 g/mol. The molecule has 0 radical (unpaired) electrons. The van der Waals surface area contributed by atoms with Gasteiger partial charge in [0.05, 0.1) is 19.1 Å². The number of rotatable bonds is 9. The number of ether oxygens (including phenoxy) is 2. The highest BCUT2D eigenvalue weighted by Crippen LogP contribution is 2.26. The Morgan fingerprint density at radius 2 is 1.73 bits per heavy atom. The number of para-hydroxylation sites is 3. The van der Waals surface area contributed by atoms with Gasteiger partial charge in [-0.3, -0.25) is 9.59 Å². The van der Waals surface area contributed by atoms with Crippen LogP contribution in [0.4, 0.5) is 5.69 Å². The average molecular weight is 411 g/mol. The van der Waals surface area contributed by atoms with Crippen LogP contribution in [0.15, 0.2) is 54.6 Å². The van der Waals surface area contributed by atoms with Crippen LogP contribution < -0.4 is 14.8 Å². The summed E-state index contributed by atoms with van der Waals surface area (Å²) in [6.45, 7) is 4.14. The van der Waals surface area contributed by atoms with Crippen molar-refractivity contribution in [3.63, 3.8) is 0 Å². The van der Waals surface area contributed by atoms with Gasteiger partial charge in [0.2, 0.25) is 11.8 Å². The summed E-state index contributed by atoms with van der Waals surface area (Å²) in [5.74, 6) is 1.30. The number of piperidine rings is 1. The fourth-order valence-corrected chi connectivity index (χ4v) is 3.59. The first-order chi connectivity index (χ1) is 14.7. The van der Waals surface area contributed by atoms with E-state index >= 15 is 0 Å². The summed E-state index contributed by atoms with van der Waals surface area (Å²) >= 11 is 0. The van der Waals surface area contributed by atoms with E-state index in [0.717, 1.165) is 24.3 Å². The molecule has 1 saturated heterocycles. The number of nitrogens with zero attached hydrogens (tertiary/aromatic N) is 1. The molecule has 0 bridgehead atoms. The number of benzene rings is 2. The van der Waals surface area contributed by atoms with Crippen LogP contribution in [0.5, 0.6) is 11.5 Å². The molecule has 0 aromatic heterocycles. The third-order valence-corrected chi connectivity index (χ3v) is 5.13. The van der Waals surface area contributed by atoms with Crippen LogP contribution in [0.25, 0.3) is 0 Å². The number of carbonyl (C=O) groups excluding carboxylic acids is 2. The number of carbonyl (C=O) groups is 2. The molecule has 6 heteroatoms. The van der Waals surface area contributed by atoms with Crippen molar-refractivity contribution >= 4 is 17.5 Å². The summed E-state index contributed by atoms with van der Waals surface area (Å²) < 4.78 is 11.3. The van der Waals surface area contributed by atoms with Gasteiger partial charge in [-0.1, -0.05) is 30.3 Å². The summed E-state index contributed by atoms with van der Waals surface area (Å²) in [7, 11) is 0. The van der Waals surface area contributed by atoms with Gasteiger partial charge in [0, 0.05) is 25.2 Å². The minimum atomic E-state index is -0.169. The standard InChI is InChI=1S/C24H30N2O4/c1-2-29-21-13-6-7-14-22(21)30-17-9-15-23(27)26-16-8-10-19(18-26)24(28)25-20-11-4-3-5-12-20/h3-7,11-14,19H,2,8-10,15-18H2,1H3,(H,25,28). The molecule has 2 amide bonds. The summed E-state index contributed by atoms with van der Waals surface area (Å²) in [6.07, 6.45) is 2.68. The Kier molecular flexibility index (Phi) is 8.12. The van der Waals surface area contributed by atoms with E-state index in [1.807, 2.05) is 66.4 Å². The summed E-state index contributed by atoms with van der Waals surface area (Å²) in [5, 5.41) is 2.95. The molecule has 160 valence electrons. The molecule has 0 spiro atoms. The second-order valence-corrected chi connectivity index (χ2v) is 7.37. The van der Waals surface area contributed by atoms with E-state index in [1.165, 1.54) is 0 Å². The molecule has 1 aliphatic rings. The van der Waals surface area contributed by atoms with Crippen molar-refractivity contribution in [2.75, 3.05) is 31.6 Å². The maximum atomic E-state index is 12.6. The minimum Gasteiger partial charge on any atom is -0.490 e. The molecule has 1 fully saturated rings. The topological polar surface area (TPSA) is 67.9 Å². The Hall–Kier alpha value is -3.02. The molecule has 1 heterocycles. The maximum absolute atomic E-state index is 12.6. The number of nitrogens with one attached hydrogen (secondary N) is 1. The Morgan fingerprint density at radius 1 is 1.03 bits per heavy atom. The molecule has 3 rings (SSSR count). The number of amides is 2. The molecule has 6 nitrogen and oxygen atoms in total. The smallest absolute Gasteiger partial charge is 0.229 e. The van der Waals surface area contributed by atoms with E-state index in [2.05, 4.69) is 5.32 Å². The van der Waals surface area contributed by atoms with E-state index in [9.17, 15) is 9.59 Å². The first-order valence-electron chi connectivity index (χ1n) is 10.7. The molecule has 0 saturated carbocycles. The van der Waals surface area contributed by atoms with Crippen LogP contribution in [-0.2, 0) is 9.59 Å². The van der Waals surface area contributed by atoms with Gasteiger partial charge in [0.15, 0.2) is 11.5 Å². The van der Waals surface area contributed by atoms with Crippen molar-refractivity contribution in [3.05, 3.63) is 54.6 Å². The number of hydrogen-bond acceptors (Lipinski definition) is 4. The zero-order chi connectivity index (χ0) is 21.2. The van der Waals surface area contributed by atoms with E-state index in [4.69, 9.17) is 9.47 Å². The van der Waals surface area contributed by atoms with Gasteiger partial charge in [-0.15, -0.1) is 0 Å². The Labute approximate surface area is 178 Å². The van der Waals surface area contributed by atoms with Crippen LogP contribution in [0.1, 0.15) is 32.6 Å². The van der Waals surface area contributed by atoms with E-state index in [0.29, 0.717) is 44.9 Å². The van der Waals surface area contributed by atoms with E-state index < -0.39 is 0 Å². The monoisotopic (exact) mass is 410 g/mol. The van der Waals surface area contributed by atoms with Gasteiger partial charge in [0.25, 0.3) is 0 Å². The van der Waals surface area contributed by atoms with Crippen molar-refractivity contribution in [2.45, 2.75) is 32.6 Å². The van der Waals surface area contributed by atoms with E-state index in [1.54, 1.807) is 0 Å². The lowest BCUT2D eigenvalue weighted by Crippen LogP contribution is -2.43. The molecule has 1 unspecified atom stereocenters. The van der Waals surface area contributed by atoms with Gasteiger partial charge in [-0.2, -0.15) is 0 Å². The summed E-state index contributed by atoms with van der Waals surface area (Å²) in [4.78, 5) is 27.0. The van der Waals surface area contributed by atoms with Crippen LogP contribution in [0.3, 0.4) is 0 Å². The maximum Gasteiger partial charge on any atom is 0.229 e. The summed E-state index contributed by atoms with van der Waals surface area (Å²) in [6, 6.07) is 17.0. The fraction of sp³-hybridized carbons (Fsp3) is 0.417. The van der Waals surface area contributed by atoms with Crippen LogP contribution in [0.2, 0.25) is 0 Å². The van der Waals surface area contributed by atoms with Gasteiger partial charge in [0.1, 0.15) is 0 Å². The first kappa shape index (κ1) is 21.7. The highest BCUT2D eigenvalue weighted by molar-refractivity contribution is 5.93. The molecule has 30 heavy (non-hydrogen) atoms. The molecule has 2 aromatic rings. The predicted molar refractivity (Wildman–Crippen MR) is 117 cm³/mol. The van der Waals surface area contributed by atoms with Crippen molar-refractivity contribution in [3.8, 4) is 11.5 Å². The lowest BCUT2D eigenvalue weighted by molar-refractivity contribution is -0.134. The second kappa shape index (κ2) is 11.2. The predicted octanol–water partition coefficient (Wildman–Crippen LogP) is 4.12. The van der Waals surface area contributed by atoms with Gasteiger partial charge < -0.3 is 19.7 Å². The van der Waals surface area contributed by atoms with Crippen molar-refractivity contribution in [2.24, 2.45) is 5.92 Å². The number of hydrogen-bond donors (Lipinski definition) is 1. The van der Waals surface area contributed by atoms with Gasteiger partial charge >= 0.3 is 0 Å². The zero-order valence-corrected chi connectivity index (χ0v) is 17.5. The average Bonchev–Trinajstić information content (AvgIpc) is 2.78. The summed E-state index contributed by atoms with van der Waals surface area (Å²) in [5.41, 5.74) is 0.787. The minimum absolute atomic E-state index is 0.0189. The Balaban J connectivity index is 1.42. The van der Waals surface area contributed by atoms with Crippen LogP contribution in [0, 0.1) is 5.92 Å². The Bertz CT molecular complexity index is 825. The Morgan fingerprint density at radius 3 is 2.47 bits per heavy atom. The van der Waals surface area contributed by atoms with Crippen LogP contribution in [-0.4, -0.2) is 43.0 Å². The van der Waals surface area contributed by atoms with E-state index in [-0.39, 0.29) is 17.7 Å². The fourth-order valence-electron chi connectivity index (χ4n) is 3.59. The SMILES string of the molecule is CCOc1ccccc1OCCCC(=O)N1CCCC(C(=O)Nc2ccccc2)C1. The largest absolute Gasteiger partial charge is 0.490 e. The molecule has 1 atom stereocenters. The van der Waals surface area contributed by atoms with Crippen molar-refractivity contribution in [1.29, 1.82) is 0 Å². The van der Waals surface area contributed by atoms with Crippen molar-refractivity contribution in [1.82, 2.24) is 4.90 Å². The normalized spacial score (nSPS) is 16.0. The zero-order valence-electron chi connectivity index (χ0n) is 17.5. The quantitative estimate of drug-likeness (QED) is 0.632. The van der Waals surface area contributed by atoms with Crippen LogP contribution >= 0.6 is 0 Å². The van der Waals surface area contributed by atoms with Crippen molar-refractivity contribution < 1.29 is 19.1 Å². The third kappa shape index (κ3) is 6.24. The molecule has 2 aromatic carbocycles. The second-order valence-electron chi connectivity index (χ2n) is 7.37. The molecular formula is C24H30N2O4. The number of anilines is 1. The lowest BCUT2D eigenvalue weighted by atomic mass is 9.96. The molecule has 1 N–H and O–H groups in total. The third-order valence-electron chi connectivity index (χ3n) is 5.13. The van der Waals surface area contributed by atoms with Gasteiger partial charge in [-0.05, 0) is 50.5 Å². The highest BCUT2D eigenvalue weighted by atomic mass is 16.5. The lowest BCUT2D eigenvalue weighted by Gasteiger charge is -2.32. The highest BCUT2D eigenvalue weighted by Gasteiger charge is 2.28.